The standard InChI is InChI=1S/C17H19NO4S2/c1-18-9-8-10(13(18)15-14(9)22-15)21-16(19)17(20,11-4-2-6-23-11)12-5-3-7-24-12/h2-4,6-7,9-10,12-15,20H,5,8H2,1H3/t9?,10?,12?,13?,14-,15?,17?/m1/s1. The Bertz CT molecular complexity index is 685. The minimum atomic E-state index is -1.59. The Morgan fingerprint density at radius 2 is 2.38 bits per heavy atom. The van der Waals surface area contributed by atoms with Crippen LogP contribution in [0.15, 0.2) is 29.0 Å². The first kappa shape index (κ1) is 15.4. The van der Waals surface area contributed by atoms with Crippen molar-refractivity contribution in [3.8, 4) is 0 Å². The summed E-state index contributed by atoms with van der Waals surface area (Å²) in [6.07, 6.45) is 3.78. The molecule has 3 saturated heterocycles. The van der Waals surface area contributed by atoms with Crippen molar-refractivity contribution in [1.82, 2.24) is 4.90 Å². The maximum Gasteiger partial charge on any atom is 0.345 e. The minimum absolute atomic E-state index is 0.130. The van der Waals surface area contributed by atoms with Crippen LogP contribution < -0.4 is 0 Å². The Hall–Kier alpha value is -0.860. The number of esters is 1. The molecule has 0 radical (unpaired) electrons. The number of carbonyl (C=O) groups excluding carboxylic acids is 1. The first-order valence-corrected chi connectivity index (χ1v) is 10.1. The van der Waals surface area contributed by atoms with Crippen LogP contribution in [0, 0.1) is 0 Å². The molecule has 0 aliphatic carbocycles. The lowest BCUT2D eigenvalue weighted by atomic mass is 9.94. The topological polar surface area (TPSA) is 62.3 Å². The number of thioether (sulfide) groups is 1. The number of aliphatic hydroxyl groups is 1. The molecule has 1 aromatic rings. The number of epoxide rings is 1. The number of allylic oxidation sites excluding steroid dienone is 1. The van der Waals surface area contributed by atoms with E-state index >= 15 is 0 Å². The van der Waals surface area contributed by atoms with E-state index in [1.165, 1.54) is 23.1 Å². The van der Waals surface area contributed by atoms with Crippen LogP contribution in [0.2, 0.25) is 0 Å². The van der Waals surface area contributed by atoms with Crippen LogP contribution >= 0.6 is 23.1 Å². The van der Waals surface area contributed by atoms with Crippen molar-refractivity contribution in [3.63, 3.8) is 0 Å². The first-order chi connectivity index (χ1) is 11.6. The van der Waals surface area contributed by atoms with Gasteiger partial charge in [-0.15, -0.1) is 23.1 Å². The molecule has 4 aliphatic heterocycles. The van der Waals surface area contributed by atoms with Gasteiger partial charge in [-0.05, 0) is 30.3 Å². The molecule has 0 aromatic carbocycles. The molecule has 7 atom stereocenters. The highest BCUT2D eigenvalue weighted by Crippen LogP contribution is 2.51. The molecule has 5 nitrogen and oxygen atoms in total. The molecule has 128 valence electrons. The fourth-order valence-corrected chi connectivity index (χ4v) is 6.44. The van der Waals surface area contributed by atoms with E-state index in [1.807, 2.05) is 29.0 Å². The third-order valence-electron chi connectivity index (χ3n) is 5.75. The van der Waals surface area contributed by atoms with Gasteiger partial charge < -0.3 is 14.6 Å². The van der Waals surface area contributed by atoms with Gasteiger partial charge in [0.05, 0.1) is 11.3 Å². The molecule has 5 heterocycles. The van der Waals surface area contributed by atoms with Crippen LogP contribution in [0.3, 0.4) is 0 Å². The van der Waals surface area contributed by atoms with Crippen molar-refractivity contribution >= 4 is 29.1 Å². The molecule has 5 rings (SSSR count). The molecule has 3 fully saturated rings. The molecular formula is C17H19NO4S2. The molecule has 1 N–H and O–H groups in total. The fourth-order valence-electron chi connectivity index (χ4n) is 4.44. The Morgan fingerprint density at radius 1 is 1.50 bits per heavy atom. The molecule has 2 bridgehead atoms. The number of thiophene rings is 1. The number of carbonyl (C=O) groups is 1. The monoisotopic (exact) mass is 365 g/mol. The van der Waals surface area contributed by atoms with Gasteiger partial charge >= 0.3 is 5.97 Å². The van der Waals surface area contributed by atoms with Crippen LogP contribution in [0.25, 0.3) is 0 Å². The average molecular weight is 365 g/mol. The van der Waals surface area contributed by atoms with Crippen molar-refractivity contribution in [1.29, 1.82) is 0 Å². The lowest BCUT2D eigenvalue weighted by molar-refractivity contribution is -0.173. The van der Waals surface area contributed by atoms with Gasteiger partial charge in [-0.25, -0.2) is 4.79 Å². The smallest absolute Gasteiger partial charge is 0.345 e. The van der Waals surface area contributed by atoms with Crippen LogP contribution in [-0.2, 0) is 19.9 Å². The normalized spacial score (nSPS) is 42.1. The summed E-state index contributed by atoms with van der Waals surface area (Å²) in [6.45, 7) is 0. The zero-order chi connectivity index (χ0) is 16.5. The maximum atomic E-state index is 13.0. The molecule has 0 saturated carbocycles. The summed E-state index contributed by atoms with van der Waals surface area (Å²) in [5, 5.41) is 14.9. The lowest BCUT2D eigenvalue weighted by Crippen LogP contribution is -2.48. The summed E-state index contributed by atoms with van der Waals surface area (Å²) in [5.41, 5.74) is -1.59. The van der Waals surface area contributed by atoms with Gasteiger partial charge in [0.1, 0.15) is 18.3 Å². The van der Waals surface area contributed by atoms with Gasteiger partial charge in [0.2, 0.25) is 5.60 Å². The quantitative estimate of drug-likeness (QED) is 0.648. The van der Waals surface area contributed by atoms with Gasteiger partial charge in [-0.2, -0.15) is 0 Å². The van der Waals surface area contributed by atoms with Crippen LogP contribution in [0.1, 0.15) is 17.7 Å². The maximum absolute atomic E-state index is 13.0. The summed E-state index contributed by atoms with van der Waals surface area (Å²) < 4.78 is 11.5. The van der Waals surface area contributed by atoms with E-state index in [1.54, 1.807) is 0 Å². The van der Waals surface area contributed by atoms with E-state index in [9.17, 15) is 9.90 Å². The second-order valence-corrected chi connectivity index (χ2v) is 9.01. The Labute approximate surface area is 148 Å². The number of hydrogen-bond donors (Lipinski definition) is 1. The molecule has 0 spiro atoms. The Balaban J connectivity index is 1.39. The molecule has 0 amide bonds. The van der Waals surface area contributed by atoms with Crippen molar-refractivity contribution in [2.24, 2.45) is 0 Å². The third kappa shape index (κ3) is 2.02. The predicted octanol–water partition coefficient (Wildman–Crippen LogP) is 1.72. The minimum Gasteiger partial charge on any atom is -0.458 e. The average Bonchev–Trinajstić information content (AvgIpc) is 3.04. The summed E-state index contributed by atoms with van der Waals surface area (Å²) in [7, 11) is 2.07. The lowest BCUT2D eigenvalue weighted by Gasteiger charge is -2.32. The SMILES string of the molecule is CN1C2C(OC(=O)C(O)(c3cccs3)C3CC=CS3)CC1[C@H]1OC21. The highest BCUT2D eigenvalue weighted by atomic mass is 32.2. The molecule has 1 aromatic heterocycles. The van der Waals surface area contributed by atoms with Gasteiger partial charge in [-0.3, -0.25) is 4.90 Å². The predicted molar refractivity (Wildman–Crippen MR) is 91.8 cm³/mol. The number of nitrogens with zero attached hydrogens (tertiary/aromatic N) is 1. The molecule has 7 heteroatoms. The summed E-state index contributed by atoms with van der Waals surface area (Å²) in [5.74, 6) is -0.519. The first-order valence-electron chi connectivity index (χ1n) is 8.26. The number of likely N-dealkylation sites (N-methyl/N-ethyl adjacent to an activating group) is 1. The molecule has 4 aliphatic rings. The second-order valence-electron chi connectivity index (χ2n) is 6.94. The highest BCUT2D eigenvalue weighted by molar-refractivity contribution is 8.03. The summed E-state index contributed by atoms with van der Waals surface area (Å²) >= 11 is 2.90. The van der Waals surface area contributed by atoms with Gasteiger partial charge in [0, 0.05) is 17.3 Å². The molecular weight excluding hydrogens is 346 g/mol. The zero-order valence-electron chi connectivity index (χ0n) is 13.2. The number of fused-ring (bicyclic) bond motifs is 5. The van der Waals surface area contributed by atoms with E-state index < -0.39 is 11.6 Å². The van der Waals surface area contributed by atoms with Crippen LogP contribution in [0.5, 0.6) is 0 Å². The van der Waals surface area contributed by atoms with Crippen LogP contribution in [0.4, 0.5) is 0 Å². The van der Waals surface area contributed by atoms with E-state index in [0.29, 0.717) is 23.4 Å². The van der Waals surface area contributed by atoms with Crippen molar-refractivity contribution in [2.75, 3.05) is 7.05 Å². The van der Waals surface area contributed by atoms with Crippen LogP contribution in [-0.4, -0.2) is 58.7 Å². The van der Waals surface area contributed by atoms with E-state index in [2.05, 4.69) is 11.9 Å². The highest BCUT2D eigenvalue weighted by Gasteiger charge is 2.68. The third-order valence-corrected chi connectivity index (χ3v) is 7.95. The second kappa shape index (κ2) is 5.32. The number of ether oxygens (including phenoxy) is 2. The Kier molecular flexibility index (Phi) is 3.41. The fraction of sp³-hybridized carbons (Fsp3) is 0.588. The van der Waals surface area contributed by atoms with E-state index in [4.69, 9.17) is 9.47 Å². The largest absolute Gasteiger partial charge is 0.458 e. The van der Waals surface area contributed by atoms with E-state index in [-0.39, 0.29) is 23.5 Å². The molecule has 6 unspecified atom stereocenters. The van der Waals surface area contributed by atoms with Crippen molar-refractivity contribution in [2.45, 2.75) is 54.1 Å². The van der Waals surface area contributed by atoms with Crippen molar-refractivity contribution < 1.29 is 19.4 Å². The van der Waals surface area contributed by atoms with Gasteiger partial charge in [-0.1, -0.05) is 12.1 Å². The van der Waals surface area contributed by atoms with E-state index in [0.717, 1.165) is 6.42 Å². The Morgan fingerprint density at radius 3 is 3.00 bits per heavy atom. The zero-order valence-corrected chi connectivity index (χ0v) is 14.8. The summed E-state index contributed by atoms with van der Waals surface area (Å²) in [6, 6.07) is 4.15. The number of hydrogen-bond acceptors (Lipinski definition) is 7. The van der Waals surface area contributed by atoms with Gasteiger partial charge in [0.15, 0.2) is 0 Å². The summed E-state index contributed by atoms with van der Waals surface area (Å²) in [4.78, 5) is 16.0. The molecule has 24 heavy (non-hydrogen) atoms. The number of morpholine rings is 1. The van der Waals surface area contributed by atoms with Gasteiger partial charge in [0.25, 0.3) is 0 Å². The number of rotatable bonds is 4. The van der Waals surface area contributed by atoms with Crippen molar-refractivity contribution in [3.05, 3.63) is 33.9 Å².